The number of likely N-dealkylation sites (tertiary alicyclic amines) is 1. The molecule has 1 saturated heterocycles. The van der Waals surface area contributed by atoms with E-state index in [0.29, 0.717) is 0 Å². The SMILES string of the molecule is CC(C)(C)C1[C@@H](N=[N+]=[N-])[C@H](OCC#CI)CN1C(=O)O. The minimum atomic E-state index is -1.03. The van der Waals surface area contributed by atoms with Gasteiger partial charge >= 0.3 is 6.09 Å². The van der Waals surface area contributed by atoms with Crippen molar-refractivity contribution in [3.63, 3.8) is 0 Å². The monoisotopic (exact) mass is 392 g/mol. The summed E-state index contributed by atoms with van der Waals surface area (Å²) in [5.41, 5.74) is 8.38. The Bertz CT molecular complexity index is 473. The second-order valence-corrected chi connectivity index (χ2v) is 6.10. The molecule has 110 valence electrons. The van der Waals surface area contributed by atoms with Gasteiger partial charge in [0.1, 0.15) is 6.61 Å². The number of hydrogen-bond acceptors (Lipinski definition) is 3. The van der Waals surface area contributed by atoms with Crippen molar-refractivity contribution in [3.05, 3.63) is 10.4 Å². The van der Waals surface area contributed by atoms with Gasteiger partial charge in [-0.3, -0.25) is 0 Å². The van der Waals surface area contributed by atoms with Crippen LogP contribution in [-0.4, -0.2) is 47.4 Å². The molecule has 0 spiro atoms. The third-order valence-electron chi connectivity index (χ3n) is 3.17. The molecule has 0 aromatic heterocycles. The van der Waals surface area contributed by atoms with E-state index in [0.717, 1.165) is 0 Å². The number of ether oxygens (including phenoxy) is 1. The fourth-order valence-corrected chi connectivity index (χ4v) is 2.66. The number of halogens is 1. The van der Waals surface area contributed by atoms with E-state index in [-0.39, 0.29) is 18.6 Å². The number of carbonyl (C=O) groups is 1. The molecule has 20 heavy (non-hydrogen) atoms. The summed E-state index contributed by atoms with van der Waals surface area (Å²) in [6.07, 6.45) is -1.50. The van der Waals surface area contributed by atoms with E-state index in [4.69, 9.17) is 10.3 Å². The molecule has 0 bridgehead atoms. The van der Waals surface area contributed by atoms with Gasteiger partial charge in [0.15, 0.2) is 0 Å². The molecule has 1 N–H and O–H groups in total. The average Bonchev–Trinajstić information content (AvgIpc) is 2.69. The van der Waals surface area contributed by atoms with E-state index in [1.807, 2.05) is 43.4 Å². The molecule has 0 radical (unpaired) electrons. The van der Waals surface area contributed by atoms with Crippen LogP contribution in [0.25, 0.3) is 10.4 Å². The highest BCUT2D eigenvalue weighted by Crippen LogP contribution is 2.36. The van der Waals surface area contributed by atoms with E-state index in [9.17, 15) is 9.90 Å². The summed E-state index contributed by atoms with van der Waals surface area (Å²) in [5.74, 6) is 2.75. The molecular weight excluding hydrogens is 375 g/mol. The first-order chi connectivity index (χ1) is 9.32. The van der Waals surface area contributed by atoms with E-state index in [1.165, 1.54) is 4.90 Å². The Balaban J connectivity index is 3.05. The second-order valence-electron chi connectivity index (χ2n) is 5.56. The maximum absolute atomic E-state index is 11.4. The number of azide groups is 1. The Labute approximate surface area is 131 Å². The van der Waals surface area contributed by atoms with Gasteiger partial charge in [0, 0.05) is 27.5 Å². The Morgan fingerprint density at radius 2 is 2.30 bits per heavy atom. The molecule has 1 heterocycles. The highest BCUT2D eigenvalue weighted by Gasteiger charge is 2.49. The van der Waals surface area contributed by atoms with E-state index in [1.54, 1.807) is 0 Å². The topological polar surface area (TPSA) is 98.5 Å². The fourth-order valence-electron chi connectivity index (χ4n) is 2.50. The lowest BCUT2D eigenvalue weighted by molar-refractivity contribution is 0.0726. The molecular formula is C12H17IN4O3. The van der Waals surface area contributed by atoms with Crippen LogP contribution in [0.1, 0.15) is 20.8 Å². The molecule has 0 aliphatic carbocycles. The lowest BCUT2D eigenvalue weighted by Crippen LogP contribution is -2.47. The first kappa shape index (κ1) is 16.9. The smallest absolute Gasteiger partial charge is 0.407 e. The standard InChI is InChI=1S/C12H17IN4O3/c1-12(2,3)10-9(15-16-14)8(20-6-4-5-13)7-17(10)11(18)19/h8-10H,6-7H2,1-3H3,(H,18,19)/t8-,9+,10?/m1/s1. The van der Waals surface area contributed by atoms with Gasteiger partial charge in [0.05, 0.1) is 24.7 Å². The summed E-state index contributed by atoms with van der Waals surface area (Å²) >= 11 is 1.90. The van der Waals surface area contributed by atoms with Gasteiger partial charge in [-0.2, -0.15) is 0 Å². The van der Waals surface area contributed by atoms with Gasteiger partial charge in [-0.25, -0.2) is 4.79 Å². The van der Waals surface area contributed by atoms with Crippen molar-refractivity contribution in [1.29, 1.82) is 0 Å². The van der Waals surface area contributed by atoms with Crippen molar-refractivity contribution >= 4 is 28.7 Å². The number of carboxylic acid groups (broad SMARTS) is 1. The Morgan fingerprint density at radius 1 is 1.65 bits per heavy atom. The number of rotatable bonds is 3. The predicted molar refractivity (Wildman–Crippen MR) is 82.4 cm³/mol. The zero-order valence-electron chi connectivity index (χ0n) is 11.6. The van der Waals surface area contributed by atoms with Crippen LogP contribution < -0.4 is 0 Å². The molecule has 3 atom stereocenters. The molecule has 1 aliphatic heterocycles. The van der Waals surface area contributed by atoms with Crippen LogP contribution in [0.4, 0.5) is 4.79 Å². The van der Waals surface area contributed by atoms with Crippen molar-refractivity contribution < 1.29 is 14.6 Å². The van der Waals surface area contributed by atoms with Gasteiger partial charge in [0.25, 0.3) is 0 Å². The zero-order valence-corrected chi connectivity index (χ0v) is 13.7. The highest BCUT2D eigenvalue weighted by molar-refractivity contribution is 14.1. The van der Waals surface area contributed by atoms with Crippen molar-refractivity contribution in [2.45, 2.75) is 39.0 Å². The molecule has 7 nitrogen and oxygen atoms in total. The molecule has 1 rings (SSSR count). The molecule has 1 aliphatic rings. The lowest BCUT2D eigenvalue weighted by atomic mass is 9.82. The van der Waals surface area contributed by atoms with Crippen molar-refractivity contribution in [2.75, 3.05) is 13.2 Å². The van der Waals surface area contributed by atoms with Crippen LogP contribution in [0.2, 0.25) is 0 Å². The summed E-state index contributed by atoms with van der Waals surface area (Å²) in [7, 11) is 0. The Kier molecular flexibility index (Phi) is 5.92. The Morgan fingerprint density at radius 3 is 2.75 bits per heavy atom. The van der Waals surface area contributed by atoms with Crippen molar-refractivity contribution in [3.8, 4) is 9.85 Å². The van der Waals surface area contributed by atoms with Crippen LogP contribution in [-0.2, 0) is 4.74 Å². The van der Waals surface area contributed by atoms with Crippen LogP contribution in [0, 0.1) is 15.3 Å². The van der Waals surface area contributed by atoms with Gasteiger partial charge < -0.3 is 14.7 Å². The predicted octanol–water partition coefficient (Wildman–Crippen LogP) is 2.85. The number of hydrogen-bond donors (Lipinski definition) is 1. The Hall–Kier alpha value is -1.17. The van der Waals surface area contributed by atoms with Gasteiger partial charge in [0.2, 0.25) is 0 Å². The minimum Gasteiger partial charge on any atom is -0.465 e. The lowest BCUT2D eigenvalue weighted by Gasteiger charge is -2.35. The van der Waals surface area contributed by atoms with Crippen molar-refractivity contribution in [1.82, 2.24) is 4.90 Å². The largest absolute Gasteiger partial charge is 0.465 e. The summed E-state index contributed by atoms with van der Waals surface area (Å²) < 4.78 is 8.24. The van der Waals surface area contributed by atoms with Gasteiger partial charge in [-0.05, 0) is 14.9 Å². The molecule has 8 heteroatoms. The second kappa shape index (κ2) is 7.02. The molecule has 1 amide bonds. The normalized spacial score (nSPS) is 25.6. The first-order valence-corrected chi connectivity index (χ1v) is 7.14. The molecule has 0 saturated carbocycles. The number of amides is 1. The molecule has 1 unspecified atom stereocenters. The summed E-state index contributed by atoms with van der Waals surface area (Å²) in [4.78, 5) is 15.5. The first-order valence-electron chi connectivity index (χ1n) is 6.06. The maximum Gasteiger partial charge on any atom is 0.407 e. The maximum atomic E-state index is 11.4. The quantitative estimate of drug-likeness (QED) is 0.263. The van der Waals surface area contributed by atoms with Crippen LogP contribution in [0.5, 0.6) is 0 Å². The zero-order chi connectivity index (χ0) is 15.3. The third-order valence-corrected chi connectivity index (χ3v) is 3.55. The fraction of sp³-hybridized carbons (Fsp3) is 0.750. The average molecular weight is 392 g/mol. The molecule has 0 aromatic rings. The van der Waals surface area contributed by atoms with Crippen LogP contribution in [0.3, 0.4) is 0 Å². The third kappa shape index (κ3) is 3.91. The summed E-state index contributed by atoms with van der Waals surface area (Å²) in [6, 6.07) is -0.972. The van der Waals surface area contributed by atoms with Gasteiger partial charge in [-0.1, -0.05) is 31.8 Å². The minimum absolute atomic E-state index is 0.184. The van der Waals surface area contributed by atoms with Crippen LogP contribution in [0.15, 0.2) is 5.11 Å². The molecule has 1 fully saturated rings. The van der Waals surface area contributed by atoms with E-state index < -0.39 is 24.3 Å². The summed E-state index contributed by atoms with van der Waals surface area (Å²) in [5, 5.41) is 13.1. The summed E-state index contributed by atoms with van der Waals surface area (Å²) in [6.45, 7) is 6.13. The van der Waals surface area contributed by atoms with E-state index >= 15 is 0 Å². The molecule has 0 aromatic carbocycles. The van der Waals surface area contributed by atoms with E-state index in [2.05, 4.69) is 19.9 Å². The van der Waals surface area contributed by atoms with Gasteiger partial charge in [-0.15, -0.1) is 0 Å². The highest BCUT2D eigenvalue weighted by atomic mass is 127. The number of nitrogens with zero attached hydrogens (tertiary/aromatic N) is 4. The van der Waals surface area contributed by atoms with Crippen LogP contribution >= 0.6 is 22.6 Å². The van der Waals surface area contributed by atoms with Crippen molar-refractivity contribution in [2.24, 2.45) is 10.5 Å².